The van der Waals surface area contributed by atoms with Gasteiger partial charge in [-0.05, 0) is 97.8 Å². The van der Waals surface area contributed by atoms with Gasteiger partial charge in [0, 0.05) is 85.3 Å². The number of nitriles is 2. The quantitative estimate of drug-likeness (QED) is 0.0446. The van der Waals surface area contributed by atoms with Gasteiger partial charge in [-0.1, -0.05) is 31.7 Å². The van der Waals surface area contributed by atoms with Gasteiger partial charge in [0.1, 0.15) is 23.6 Å². The number of methoxy groups -OCH3 is 4. The molecule has 0 aliphatic carbocycles. The largest absolute Gasteiger partial charge is 0.493 e. The summed E-state index contributed by atoms with van der Waals surface area (Å²) >= 11 is 5.76. The predicted octanol–water partition coefficient (Wildman–Crippen LogP) is 11.5. The maximum absolute atomic E-state index is 11.6. The Hall–Kier alpha value is -8.77. The molecule has 0 radical (unpaired) electrons. The van der Waals surface area contributed by atoms with Crippen LogP contribution in [0.15, 0.2) is 134 Å². The van der Waals surface area contributed by atoms with Gasteiger partial charge >= 0.3 is 0 Å². The summed E-state index contributed by atoms with van der Waals surface area (Å²) in [6.07, 6.45) is 4.53. The first-order valence-corrected chi connectivity index (χ1v) is 31.3. The molecule has 2 fully saturated rings. The highest BCUT2D eigenvalue weighted by Gasteiger charge is 2.22. The average molecular weight is 1230 g/mol. The van der Waals surface area contributed by atoms with Gasteiger partial charge in [-0.3, -0.25) is 9.97 Å². The highest BCUT2D eigenvalue weighted by atomic mass is 35.5. The topological polar surface area (TPSA) is 255 Å². The number of nitrogens with one attached hydrogen (secondary N) is 3. The molecular formula is C63H69ClN8O12S2. The molecule has 6 aromatic carbocycles. The first-order valence-electron chi connectivity index (χ1n) is 27.1. The molecule has 0 spiro atoms. The van der Waals surface area contributed by atoms with Crippen molar-refractivity contribution >= 4 is 75.8 Å². The van der Waals surface area contributed by atoms with E-state index in [0.29, 0.717) is 160 Å². The van der Waals surface area contributed by atoms with E-state index in [1.54, 1.807) is 46.8 Å². The zero-order chi connectivity index (χ0) is 60.2. The van der Waals surface area contributed by atoms with Crippen molar-refractivity contribution in [1.82, 2.24) is 20.2 Å². The molecule has 4 heterocycles. The molecule has 23 heteroatoms. The number of pyridine rings is 2. The van der Waals surface area contributed by atoms with Crippen LogP contribution in [-0.2, 0) is 19.7 Å². The van der Waals surface area contributed by atoms with Crippen LogP contribution in [0.4, 0.5) is 22.7 Å². The minimum absolute atomic E-state index is 0. The Morgan fingerprint density at radius 2 is 0.953 bits per heavy atom. The van der Waals surface area contributed by atoms with Crippen LogP contribution in [-0.4, -0.2) is 135 Å². The van der Waals surface area contributed by atoms with E-state index in [4.69, 9.17) is 49.5 Å². The van der Waals surface area contributed by atoms with E-state index in [0.717, 1.165) is 29.7 Å². The van der Waals surface area contributed by atoms with E-state index in [9.17, 15) is 27.4 Å². The Bertz CT molecular complexity index is 3860. The number of para-hydroxylation sites is 4. The third kappa shape index (κ3) is 17.7. The summed E-state index contributed by atoms with van der Waals surface area (Å²) in [5, 5.41) is 30.6. The molecule has 8 aromatic rings. The van der Waals surface area contributed by atoms with E-state index >= 15 is 0 Å². The molecule has 0 unspecified atom stereocenters. The second kappa shape index (κ2) is 31.4. The number of sulfone groups is 2. The Morgan fingerprint density at radius 1 is 0.547 bits per heavy atom. The average Bonchev–Trinajstić information content (AvgIpc) is 1.41. The van der Waals surface area contributed by atoms with E-state index in [-0.39, 0.29) is 18.9 Å². The van der Waals surface area contributed by atoms with E-state index in [1.807, 2.05) is 109 Å². The Morgan fingerprint density at radius 3 is 1.34 bits per heavy atom. The van der Waals surface area contributed by atoms with Gasteiger partial charge < -0.3 is 58.7 Å². The van der Waals surface area contributed by atoms with Crippen LogP contribution in [0.5, 0.6) is 57.5 Å². The third-order valence-electron chi connectivity index (χ3n) is 13.4. The number of hydrogen-bond donors (Lipinski definition) is 3. The first-order chi connectivity index (χ1) is 41.3. The number of fused-ring (bicyclic) bond motifs is 2. The van der Waals surface area contributed by atoms with Crippen LogP contribution < -0.4 is 53.8 Å². The van der Waals surface area contributed by atoms with Crippen LogP contribution in [0.3, 0.4) is 0 Å². The number of hydrogen-bond acceptors (Lipinski definition) is 20. The highest BCUT2D eigenvalue weighted by Crippen LogP contribution is 2.40. The lowest BCUT2D eigenvalue weighted by molar-refractivity contribution is 0.240. The number of aromatic nitrogens is 2. The van der Waals surface area contributed by atoms with E-state index < -0.39 is 19.7 Å². The molecule has 0 amide bonds. The summed E-state index contributed by atoms with van der Waals surface area (Å²) < 4.78 is 90.2. The van der Waals surface area contributed by atoms with E-state index in [2.05, 4.69) is 43.0 Å². The van der Waals surface area contributed by atoms with Gasteiger partial charge in [-0.25, -0.2) is 16.8 Å². The molecule has 2 aromatic heterocycles. The number of anilines is 4. The second-order valence-corrected chi connectivity index (χ2v) is 24.1. The normalized spacial score (nSPS) is 13.9. The Labute approximate surface area is 507 Å². The van der Waals surface area contributed by atoms with Crippen LogP contribution in [0.1, 0.15) is 31.4 Å². The number of rotatable bonds is 21. The standard InChI is InChI=1S/C31H32N4O6S.C27H24ClN3O4.C4H9NO2S.CH4/c1-38-27-6-3-4-7-28(27)41-24-10-8-23(9-11-24)34-31-22(20-32)21-33-26-19-30(29(39-2)18-25(26)31)40-15-5-12-35-13-16-42(36,37)17-14-35;1-32-23-6-3-4-7-24(23)35-20-10-8-19(9-11-20)31-27-18(16-29)17-30-22-15-26(34-13-5-12-28)25(33-2)14-21(22)27;6-8(7)3-1-5-2-4-8;/h3-4,6-11,18-19,21H,5,12-17H2,1-2H3,(H,33,34);3-4,6-11,14-15,17H,5,12-13H2,1-2H3,(H,30,31);5H,1-4H2;1H4. The maximum Gasteiger partial charge on any atom is 0.169 e. The van der Waals surface area contributed by atoms with Gasteiger partial charge in [-0.2, -0.15) is 10.5 Å². The van der Waals surface area contributed by atoms with Crippen molar-refractivity contribution in [2.75, 3.05) is 114 Å². The molecule has 0 bridgehead atoms. The molecule has 3 N–H and O–H groups in total. The summed E-state index contributed by atoms with van der Waals surface area (Å²) in [5.41, 5.74) is 4.88. The van der Waals surface area contributed by atoms with Crippen molar-refractivity contribution in [3.8, 4) is 69.6 Å². The van der Waals surface area contributed by atoms with Crippen molar-refractivity contribution in [1.29, 1.82) is 10.5 Å². The van der Waals surface area contributed by atoms with Crippen LogP contribution in [0.25, 0.3) is 21.8 Å². The zero-order valence-corrected chi connectivity index (χ0v) is 49.8. The Balaban J connectivity index is 0.000000218. The number of benzene rings is 6. The van der Waals surface area contributed by atoms with Crippen molar-refractivity contribution in [2.45, 2.75) is 20.3 Å². The fourth-order valence-electron chi connectivity index (χ4n) is 8.91. The molecular weight excluding hydrogens is 1160 g/mol. The summed E-state index contributed by atoms with van der Waals surface area (Å²) in [5.74, 6) is 7.56. The van der Waals surface area contributed by atoms with Crippen molar-refractivity contribution in [3.05, 3.63) is 145 Å². The smallest absolute Gasteiger partial charge is 0.169 e. The summed E-state index contributed by atoms with van der Waals surface area (Å²) in [6, 6.07) is 41.4. The molecule has 86 heavy (non-hydrogen) atoms. The lowest BCUT2D eigenvalue weighted by Gasteiger charge is -2.26. The van der Waals surface area contributed by atoms with Crippen LogP contribution in [0, 0.1) is 22.7 Å². The Kier molecular flexibility index (Phi) is 23.6. The fraction of sp³-hybridized carbons (Fsp3) is 0.302. The minimum atomic E-state index is -2.90. The molecule has 0 atom stereocenters. The molecule has 10 rings (SSSR count). The van der Waals surface area contributed by atoms with E-state index in [1.165, 1.54) is 6.20 Å². The molecule has 2 saturated heterocycles. The van der Waals surface area contributed by atoms with Gasteiger partial charge in [0.15, 0.2) is 65.7 Å². The summed E-state index contributed by atoms with van der Waals surface area (Å²) in [6.45, 7) is 4.03. The fourth-order valence-corrected chi connectivity index (χ4v) is 11.4. The molecule has 20 nitrogen and oxygen atoms in total. The van der Waals surface area contributed by atoms with Gasteiger partial charge in [0.25, 0.3) is 0 Å². The third-order valence-corrected chi connectivity index (χ3v) is 16.9. The minimum Gasteiger partial charge on any atom is -0.493 e. The predicted molar refractivity (Wildman–Crippen MR) is 336 cm³/mol. The number of alkyl halides is 1. The molecule has 452 valence electrons. The second-order valence-electron chi connectivity index (χ2n) is 19.2. The molecule has 0 saturated carbocycles. The summed E-state index contributed by atoms with van der Waals surface area (Å²) in [4.78, 5) is 11.1. The lowest BCUT2D eigenvalue weighted by atomic mass is 10.1. The highest BCUT2D eigenvalue weighted by molar-refractivity contribution is 7.91. The van der Waals surface area contributed by atoms with Crippen LogP contribution >= 0.6 is 11.6 Å². The van der Waals surface area contributed by atoms with Gasteiger partial charge in [0.2, 0.25) is 0 Å². The lowest BCUT2D eigenvalue weighted by Crippen LogP contribution is -2.40. The van der Waals surface area contributed by atoms with Crippen molar-refractivity contribution < 1.29 is 54.7 Å². The van der Waals surface area contributed by atoms with Crippen molar-refractivity contribution in [3.63, 3.8) is 0 Å². The number of ether oxygens (including phenoxy) is 8. The summed E-state index contributed by atoms with van der Waals surface area (Å²) in [7, 11) is 0.799. The van der Waals surface area contributed by atoms with Gasteiger partial charge in [0.05, 0.1) is 98.2 Å². The number of halogens is 1. The first kappa shape index (κ1) is 64.8. The van der Waals surface area contributed by atoms with Crippen LogP contribution in [0.2, 0.25) is 0 Å². The maximum atomic E-state index is 11.6. The monoisotopic (exact) mass is 1230 g/mol. The zero-order valence-electron chi connectivity index (χ0n) is 47.4. The van der Waals surface area contributed by atoms with Gasteiger partial charge in [-0.15, -0.1) is 11.6 Å². The molecule has 2 aliphatic rings. The van der Waals surface area contributed by atoms with Crippen molar-refractivity contribution in [2.24, 2.45) is 0 Å². The number of nitrogens with zero attached hydrogens (tertiary/aromatic N) is 5. The molecule has 2 aliphatic heterocycles. The SMILES string of the molecule is C.COc1cc2c(Nc3ccc(Oc4ccccc4OC)cc3)c(C#N)cnc2cc1OCCCCl.COc1cc2c(Nc3ccc(Oc4ccccc4OC)cc3)c(C#N)cnc2cc1OCCCN1CCS(=O)(=O)CC1.O=S1(=O)CCNCC1.